The highest BCUT2D eigenvalue weighted by molar-refractivity contribution is 6.17. The molecule has 4 aromatic rings. The molecule has 0 bridgehead atoms. The van der Waals surface area contributed by atoms with Crippen LogP contribution in [0.1, 0.15) is 6.42 Å². The van der Waals surface area contributed by atoms with E-state index < -0.39 is 0 Å². The van der Waals surface area contributed by atoms with E-state index in [1.54, 1.807) is 0 Å². The third kappa shape index (κ3) is 2.83. The summed E-state index contributed by atoms with van der Waals surface area (Å²) in [6, 6.07) is 20.0. The molecule has 0 atom stereocenters. The quantitative estimate of drug-likeness (QED) is 0.348. The van der Waals surface area contributed by atoms with Gasteiger partial charge in [0.1, 0.15) is 11.3 Å². The first-order valence-electron chi connectivity index (χ1n) is 7.92. The zero-order chi connectivity index (χ0) is 16.4. The monoisotopic (exact) mass is 337 g/mol. The largest absolute Gasteiger partial charge is 0.494 e. The zero-order valence-electron chi connectivity index (χ0n) is 13.0. The number of alkyl halides is 1. The Morgan fingerprint density at radius 3 is 2.62 bits per heavy atom. The first-order valence-corrected chi connectivity index (χ1v) is 8.46. The van der Waals surface area contributed by atoms with Crippen molar-refractivity contribution in [3.05, 3.63) is 60.7 Å². The molecule has 0 amide bonds. The molecule has 24 heavy (non-hydrogen) atoms. The lowest BCUT2D eigenvalue weighted by molar-refractivity contribution is 0.318. The Balaban J connectivity index is 1.67. The van der Waals surface area contributed by atoms with Gasteiger partial charge in [0.15, 0.2) is 5.58 Å². The molecule has 0 saturated heterocycles. The van der Waals surface area contributed by atoms with E-state index in [-0.39, 0.29) is 0 Å². The van der Waals surface area contributed by atoms with Gasteiger partial charge in [0, 0.05) is 16.8 Å². The van der Waals surface area contributed by atoms with Crippen molar-refractivity contribution in [3.8, 4) is 17.2 Å². The van der Waals surface area contributed by atoms with Crippen molar-refractivity contribution in [2.24, 2.45) is 0 Å². The van der Waals surface area contributed by atoms with E-state index in [2.05, 4.69) is 18.2 Å². The maximum Gasteiger partial charge on any atom is 0.227 e. The molecule has 0 unspecified atom stereocenters. The zero-order valence-corrected chi connectivity index (χ0v) is 13.8. The molecule has 4 rings (SSSR count). The van der Waals surface area contributed by atoms with Gasteiger partial charge in [-0.05, 0) is 42.1 Å². The summed E-state index contributed by atoms with van der Waals surface area (Å²) in [5.74, 6) is 2.05. The average molecular weight is 338 g/mol. The van der Waals surface area contributed by atoms with Crippen molar-refractivity contribution in [2.75, 3.05) is 12.5 Å². The molecule has 4 heteroatoms. The van der Waals surface area contributed by atoms with Crippen molar-refractivity contribution in [2.45, 2.75) is 6.42 Å². The molecular formula is C20H16ClNO2. The summed E-state index contributed by atoms with van der Waals surface area (Å²) >= 11 is 5.65. The standard InChI is InChI=1S/C20H16ClNO2/c21-12-3-13-23-16-9-6-15(7-10-16)20-22-19-17-5-2-1-4-14(17)8-11-18(19)24-20/h1-2,4-11H,3,12-13H2. The second-order valence-corrected chi connectivity index (χ2v) is 5.95. The molecule has 0 aliphatic carbocycles. The van der Waals surface area contributed by atoms with Crippen molar-refractivity contribution in [3.63, 3.8) is 0 Å². The third-order valence-electron chi connectivity index (χ3n) is 3.93. The van der Waals surface area contributed by atoms with E-state index in [0.717, 1.165) is 39.6 Å². The first kappa shape index (κ1) is 15.0. The Bertz CT molecular complexity index is 976. The number of nitrogens with zero attached hydrogens (tertiary/aromatic N) is 1. The molecule has 0 aliphatic rings. The summed E-state index contributed by atoms with van der Waals surface area (Å²) in [5.41, 5.74) is 2.62. The van der Waals surface area contributed by atoms with Gasteiger partial charge in [-0.2, -0.15) is 0 Å². The van der Waals surface area contributed by atoms with E-state index in [1.165, 1.54) is 0 Å². The number of hydrogen-bond acceptors (Lipinski definition) is 3. The van der Waals surface area contributed by atoms with Crippen LogP contribution in [-0.4, -0.2) is 17.5 Å². The Morgan fingerprint density at radius 2 is 1.79 bits per heavy atom. The summed E-state index contributed by atoms with van der Waals surface area (Å²) < 4.78 is 11.5. The Hall–Kier alpha value is -2.52. The maximum absolute atomic E-state index is 5.93. The molecular weight excluding hydrogens is 322 g/mol. The lowest BCUT2D eigenvalue weighted by Crippen LogP contribution is -1.97. The van der Waals surface area contributed by atoms with Crippen LogP contribution in [0.5, 0.6) is 5.75 Å². The smallest absolute Gasteiger partial charge is 0.227 e. The summed E-state index contributed by atoms with van der Waals surface area (Å²) in [5, 5.41) is 2.26. The van der Waals surface area contributed by atoms with Crippen LogP contribution >= 0.6 is 11.6 Å². The number of oxazole rings is 1. The van der Waals surface area contributed by atoms with Gasteiger partial charge < -0.3 is 9.15 Å². The molecule has 3 nitrogen and oxygen atoms in total. The lowest BCUT2D eigenvalue weighted by atomic mass is 10.1. The van der Waals surface area contributed by atoms with Crippen LogP contribution < -0.4 is 4.74 Å². The Kier molecular flexibility index (Phi) is 4.09. The molecule has 0 saturated carbocycles. The molecule has 3 aromatic carbocycles. The second-order valence-electron chi connectivity index (χ2n) is 5.57. The van der Waals surface area contributed by atoms with Gasteiger partial charge in [0.05, 0.1) is 6.61 Å². The van der Waals surface area contributed by atoms with Crippen LogP contribution in [-0.2, 0) is 0 Å². The van der Waals surface area contributed by atoms with Crippen molar-refractivity contribution < 1.29 is 9.15 Å². The summed E-state index contributed by atoms with van der Waals surface area (Å²) in [4.78, 5) is 4.69. The Labute approximate surface area is 144 Å². The number of aromatic nitrogens is 1. The second kappa shape index (κ2) is 6.54. The van der Waals surface area contributed by atoms with Gasteiger partial charge in [-0.25, -0.2) is 4.98 Å². The SMILES string of the molecule is ClCCCOc1ccc(-c2nc3c(ccc4ccccc43)o2)cc1. The van der Waals surface area contributed by atoms with Gasteiger partial charge in [-0.15, -0.1) is 11.6 Å². The van der Waals surface area contributed by atoms with Crippen LogP contribution in [0, 0.1) is 0 Å². The van der Waals surface area contributed by atoms with Crippen LogP contribution in [0.2, 0.25) is 0 Å². The topological polar surface area (TPSA) is 35.3 Å². The van der Waals surface area contributed by atoms with E-state index in [9.17, 15) is 0 Å². The summed E-state index contributed by atoms with van der Waals surface area (Å²) in [6.45, 7) is 0.623. The number of rotatable bonds is 5. The molecule has 0 N–H and O–H groups in total. The number of ether oxygens (including phenoxy) is 1. The molecule has 0 fully saturated rings. The van der Waals surface area contributed by atoms with Crippen LogP contribution in [0.25, 0.3) is 33.3 Å². The average Bonchev–Trinajstić information content (AvgIpc) is 3.07. The predicted octanol–water partition coefficient (Wildman–Crippen LogP) is 5.66. The maximum atomic E-state index is 5.93. The first-order chi connectivity index (χ1) is 11.8. The fourth-order valence-electron chi connectivity index (χ4n) is 2.72. The highest BCUT2D eigenvalue weighted by atomic mass is 35.5. The van der Waals surface area contributed by atoms with E-state index in [0.29, 0.717) is 18.4 Å². The minimum absolute atomic E-state index is 0.606. The molecule has 1 heterocycles. The minimum Gasteiger partial charge on any atom is -0.494 e. The Morgan fingerprint density at radius 1 is 0.958 bits per heavy atom. The van der Waals surface area contributed by atoms with Gasteiger partial charge in [0.25, 0.3) is 0 Å². The predicted molar refractivity (Wildman–Crippen MR) is 97.8 cm³/mol. The van der Waals surface area contributed by atoms with E-state index >= 15 is 0 Å². The summed E-state index contributed by atoms with van der Waals surface area (Å²) in [7, 11) is 0. The highest BCUT2D eigenvalue weighted by Crippen LogP contribution is 2.30. The number of benzene rings is 3. The molecule has 0 radical (unpaired) electrons. The van der Waals surface area contributed by atoms with Crippen molar-refractivity contribution in [1.82, 2.24) is 4.98 Å². The normalized spacial score (nSPS) is 11.2. The molecule has 1 aromatic heterocycles. The lowest BCUT2D eigenvalue weighted by Gasteiger charge is -2.04. The van der Waals surface area contributed by atoms with Crippen LogP contribution in [0.4, 0.5) is 0 Å². The number of hydrogen-bond donors (Lipinski definition) is 0. The van der Waals surface area contributed by atoms with Crippen LogP contribution in [0.3, 0.4) is 0 Å². The number of halogens is 1. The fraction of sp³-hybridized carbons (Fsp3) is 0.150. The highest BCUT2D eigenvalue weighted by Gasteiger charge is 2.11. The molecule has 0 aliphatic heterocycles. The van der Waals surface area contributed by atoms with E-state index in [4.69, 9.17) is 25.7 Å². The minimum atomic E-state index is 0.606. The van der Waals surface area contributed by atoms with Crippen molar-refractivity contribution >= 4 is 33.5 Å². The third-order valence-corrected chi connectivity index (χ3v) is 4.20. The van der Waals surface area contributed by atoms with E-state index in [1.807, 2.05) is 42.5 Å². The van der Waals surface area contributed by atoms with Gasteiger partial charge in [0.2, 0.25) is 5.89 Å². The van der Waals surface area contributed by atoms with Crippen LogP contribution in [0.15, 0.2) is 65.1 Å². The van der Waals surface area contributed by atoms with Gasteiger partial charge >= 0.3 is 0 Å². The van der Waals surface area contributed by atoms with Gasteiger partial charge in [-0.1, -0.05) is 30.3 Å². The van der Waals surface area contributed by atoms with Crippen molar-refractivity contribution in [1.29, 1.82) is 0 Å². The molecule has 0 spiro atoms. The summed E-state index contributed by atoms with van der Waals surface area (Å²) in [6.07, 6.45) is 0.835. The molecule has 120 valence electrons. The van der Waals surface area contributed by atoms with Gasteiger partial charge in [-0.3, -0.25) is 0 Å². The fourth-order valence-corrected chi connectivity index (χ4v) is 2.83. The number of fused-ring (bicyclic) bond motifs is 3.